The molecule has 0 atom stereocenters. The van der Waals surface area contributed by atoms with Crippen molar-refractivity contribution in [3.8, 4) is 0 Å². The predicted octanol–water partition coefficient (Wildman–Crippen LogP) is 2.66. The molecule has 0 saturated heterocycles. The Morgan fingerprint density at radius 1 is 1.46 bits per heavy atom. The molecule has 0 aromatic heterocycles. The summed E-state index contributed by atoms with van der Waals surface area (Å²) in [6.07, 6.45) is 1.69. The van der Waals surface area contributed by atoms with Crippen molar-refractivity contribution in [3.05, 3.63) is 24.8 Å². The minimum atomic E-state index is -1.59. The summed E-state index contributed by atoms with van der Waals surface area (Å²) in [5, 5.41) is 0. The van der Waals surface area contributed by atoms with Crippen LogP contribution in [0.3, 0.4) is 0 Å². The van der Waals surface area contributed by atoms with Crippen molar-refractivity contribution in [2.45, 2.75) is 26.6 Å². The SMILES string of the molecule is C=CC[O+]=C(O[Si](C)(C)C)C(=C)C. The molecule has 0 spiro atoms. The average Bonchev–Trinajstić information content (AvgIpc) is 1.95. The van der Waals surface area contributed by atoms with Crippen LogP contribution in [0.2, 0.25) is 19.6 Å². The molecule has 0 aliphatic rings. The van der Waals surface area contributed by atoms with Crippen molar-refractivity contribution in [1.29, 1.82) is 0 Å². The van der Waals surface area contributed by atoms with Crippen LogP contribution in [0.5, 0.6) is 0 Å². The van der Waals surface area contributed by atoms with Crippen LogP contribution < -0.4 is 0 Å². The minimum Gasteiger partial charge on any atom is -0.408 e. The number of rotatable bonds is 4. The number of hydrogen-bond acceptors (Lipinski definition) is 1. The first kappa shape index (κ1) is 12.2. The maximum absolute atomic E-state index is 5.69. The van der Waals surface area contributed by atoms with Gasteiger partial charge in [0.1, 0.15) is 0 Å². The molecule has 0 unspecified atom stereocenters. The third-order valence-corrected chi connectivity index (χ3v) is 1.88. The van der Waals surface area contributed by atoms with E-state index in [2.05, 4.69) is 32.8 Å². The maximum Gasteiger partial charge on any atom is 0.492 e. The zero-order valence-electron chi connectivity index (χ0n) is 9.02. The lowest BCUT2D eigenvalue weighted by Gasteiger charge is -2.08. The maximum atomic E-state index is 5.69. The molecule has 0 N–H and O–H groups in total. The number of carbonyl (C=O) groups excluding carboxylic acids is 1. The molecule has 13 heavy (non-hydrogen) atoms. The summed E-state index contributed by atoms with van der Waals surface area (Å²) in [7, 11) is -1.59. The van der Waals surface area contributed by atoms with Gasteiger partial charge in [0, 0.05) is 0 Å². The standard InChI is InChI=1S/C10H19O2Si/c1-7-8-11-10(9(2)3)12-13(4,5)6/h7H,1-2,8H2,3-6H3/q+1. The van der Waals surface area contributed by atoms with Crippen LogP contribution in [0.1, 0.15) is 6.92 Å². The molecule has 0 bridgehead atoms. The van der Waals surface area contributed by atoms with E-state index in [9.17, 15) is 0 Å². The highest BCUT2D eigenvalue weighted by molar-refractivity contribution is 6.71. The van der Waals surface area contributed by atoms with E-state index in [0.29, 0.717) is 12.6 Å². The van der Waals surface area contributed by atoms with E-state index in [4.69, 9.17) is 8.85 Å². The highest BCUT2D eigenvalue weighted by atomic mass is 28.4. The van der Waals surface area contributed by atoms with Crippen molar-refractivity contribution in [2.24, 2.45) is 0 Å². The first-order chi connectivity index (χ1) is 5.87. The largest absolute Gasteiger partial charge is 0.492 e. The molecular formula is C10H19O2Si+. The first-order valence-corrected chi connectivity index (χ1v) is 7.73. The Bertz CT molecular complexity index is 224. The van der Waals surface area contributed by atoms with Gasteiger partial charge in [0.15, 0.2) is 0 Å². The molecule has 0 radical (unpaired) electrons. The van der Waals surface area contributed by atoms with E-state index in [1.54, 1.807) is 6.08 Å². The summed E-state index contributed by atoms with van der Waals surface area (Å²) in [6, 6.07) is 0. The molecule has 2 nitrogen and oxygen atoms in total. The molecule has 3 heteroatoms. The average molecular weight is 199 g/mol. The minimum absolute atomic E-state index is 0.465. The van der Waals surface area contributed by atoms with Crippen molar-refractivity contribution < 1.29 is 8.85 Å². The van der Waals surface area contributed by atoms with Crippen LogP contribution in [0.4, 0.5) is 0 Å². The van der Waals surface area contributed by atoms with Gasteiger partial charge in [0.2, 0.25) is 6.61 Å². The van der Waals surface area contributed by atoms with E-state index in [0.717, 1.165) is 5.57 Å². The summed E-state index contributed by atoms with van der Waals surface area (Å²) in [6.45, 7) is 16.0. The Hall–Kier alpha value is -0.833. The van der Waals surface area contributed by atoms with Gasteiger partial charge in [-0.1, -0.05) is 13.2 Å². The van der Waals surface area contributed by atoms with Crippen LogP contribution in [-0.4, -0.2) is 20.9 Å². The van der Waals surface area contributed by atoms with Gasteiger partial charge in [0.25, 0.3) is 0 Å². The molecule has 0 amide bonds. The van der Waals surface area contributed by atoms with Crippen molar-refractivity contribution in [3.63, 3.8) is 0 Å². The summed E-state index contributed by atoms with van der Waals surface area (Å²) in [4.78, 5) is 0. The second kappa shape index (κ2) is 5.02. The molecule has 0 saturated carbocycles. The molecule has 0 rings (SSSR count). The fraction of sp³-hybridized carbons (Fsp3) is 0.500. The van der Waals surface area contributed by atoms with Crippen LogP contribution in [-0.2, 0) is 8.85 Å². The van der Waals surface area contributed by atoms with E-state index >= 15 is 0 Å². The zero-order valence-corrected chi connectivity index (χ0v) is 10.0. The van der Waals surface area contributed by atoms with Gasteiger partial charge in [-0.2, -0.15) is 0 Å². The van der Waals surface area contributed by atoms with E-state index in [1.807, 2.05) is 6.92 Å². The summed E-state index contributed by atoms with van der Waals surface area (Å²) >= 11 is 0. The zero-order chi connectivity index (χ0) is 10.5. The van der Waals surface area contributed by atoms with Crippen molar-refractivity contribution >= 4 is 14.3 Å². The molecule has 0 heterocycles. The van der Waals surface area contributed by atoms with Crippen LogP contribution in [0, 0.1) is 0 Å². The monoisotopic (exact) mass is 199 g/mol. The third kappa shape index (κ3) is 6.34. The van der Waals surface area contributed by atoms with Crippen molar-refractivity contribution in [1.82, 2.24) is 0 Å². The molecule has 0 aliphatic carbocycles. The normalized spacial score (nSPS) is 12.5. The Balaban J connectivity index is 4.44. The molecule has 0 aromatic carbocycles. The Morgan fingerprint density at radius 3 is 2.31 bits per heavy atom. The molecular weight excluding hydrogens is 180 g/mol. The Morgan fingerprint density at radius 2 is 2.00 bits per heavy atom. The van der Waals surface area contributed by atoms with Crippen LogP contribution in [0.25, 0.3) is 0 Å². The van der Waals surface area contributed by atoms with Gasteiger partial charge < -0.3 is 8.85 Å². The van der Waals surface area contributed by atoms with Gasteiger partial charge in [-0.05, 0) is 32.6 Å². The van der Waals surface area contributed by atoms with Gasteiger partial charge in [-0.25, -0.2) is 0 Å². The van der Waals surface area contributed by atoms with Gasteiger partial charge in [-0.15, -0.1) is 0 Å². The second-order valence-corrected chi connectivity index (χ2v) is 8.31. The molecule has 0 fully saturated rings. The molecule has 0 aromatic rings. The first-order valence-electron chi connectivity index (χ1n) is 4.32. The molecule has 0 aliphatic heterocycles. The van der Waals surface area contributed by atoms with Crippen LogP contribution in [0.15, 0.2) is 24.8 Å². The van der Waals surface area contributed by atoms with E-state index in [-0.39, 0.29) is 0 Å². The summed E-state index contributed by atoms with van der Waals surface area (Å²) in [5.41, 5.74) is 0.823. The van der Waals surface area contributed by atoms with Crippen molar-refractivity contribution in [2.75, 3.05) is 6.61 Å². The smallest absolute Gasteiger partial charge is 0.408 e. The third-order valence-electron chi connectivity index (χ3n) is 1.08. The topological polar surface area (TPSA) is 20.5 Å². The highest BCUT2D eigenvalue weighted by Crippen LogP contribution is 2.06. The number of hydrogen-bond donors (Lipinski definition) is 0. The van der Waals surface area contributed by atoms with Crippen LogP contribution >= 0.6 is 0 Å². The summed E-state index contributed by atoms with van der Waals surface area (Å²) in [5.74, 6) is 0.555. The quantitative estimate of drug-likeness (QED) is 0.295. The lowest BCUT2D eigenvalue weighted by molar-refractivity contribution is -0.452. The van der Waals surface area contributed by atoms with Gasteiger partial charge in [-0.3, -0.25) is 0 Å². The fourth-order valence-electron chi connectivity index (χ4n) is 0.652. The van der Waals surface area contributed by atoms with E-state index < -0.39 is 8.32 Å². The molecule has 74 valence electrons. The fourth-order valence-corrected chi connectivity index (χ4v) is 1.44. The second-order valence-electron chi connectivity index (χ2n) is 3.88. The lowest BCUT2D eigenvalue weighted by Crippen LogP contribution is -2.30. The highest BCUT2D eigenvalue weighted by Gasteiger charge is 2.31. The Kier molecular flexibility index (Phi) is 4.70. The predicted molar refractivity (Wildman–Crippen MR) is 59.3 cm³/mol. The van der Waals surface area contributed by atoms with Gasteiger partial charge in [0.05, 0.1) is 5.57 Å². The Labute approximate surface area is 81.7 Å². The lowest BCUT2D eigenvalue weighted by atomic mass is 10.4. The summed E-state index contributed by atoms with van der Waals surface area (Å²) < 4.78 is 11.0. The van der Waals surface area contributed by atoms with Gasteiger partial charge >= 0.3 is 14.3 Å². The van der Waals surface area contributed by atoms with E-state index in [1.165, 1.54) is 0 Å².